The number of aryl methyl sites for hydroxylation is 3. The molecule has 1 heterocycles. The Hall–Kier alpha value is -2.01. The highest BCUT2D eigenvalue weighted by atomic mass is 35.5. The number of aliphatic imine (C=N–C) groups is 1. The first-order valence-electron chi connectivity index (χ1n) is 9.12. The molecule has 0 aliphatic rings. The number of rotatable bonds is 7. The molecular formula is C20H30ClN5. The number of nitrogens with zero attached hydrogens (tertiary/aromatic N) is 3. The topological polar surface area (TPSA) is 54.2 Å². The van der Waals surface area contributed by atoms with Gasteiger partial charge >= 0.3 is 0 Å². The van der Waals surface area contributed by atoms with Gasteiger partial charge in [-0.2, -0.15) is 5.10 Å². The van der Waals surface area contributed by atoms with E-state index in [1.165, 1.54) is 16.8 Å². The van der Waals surface area contributed by atoms with E-state index >= 15 is 0 Å². The van der Waals surface area contributed by atoms with E-state index in [2.05, 4.69) is 47.6 Å². The highest BCUT2D eigenvalue weighted by Gasteiger charge is 2.13. The number of halogens is 1. The molecule has 0 fully saturated rings. The molecule has 0 saturated carbocycles. The third-order valence-electron chi connectivity index (χ3n) is 4.65. The van der Waals surface area contributed by atoms with Gasteiger partial charge < -0.3 is 10.6 Å². The van der Waals surface area contributed by atoms with Crippen molar-refractivity contribution in [1.29, 1.82) is 0 Å². The summed E-state index contributed by atoms with van der Waals surface area (Å²) in [6, 6.07) is 8.28. The average Bonchev–Trinajstić information content (AvgIpc) is 2.85. The van der Waals surface area contributed by atoms with Crippen LogP contribution in [0.1, 0.15) is 35.9 Å². The molecular weight excluding hydrogens is 346 g/mol. The molecule has 0 bridgehead atoms. The Kier molecular flexibility index (Phi) is 7.51. The van der Waals surface area contributed by atoms with Crippen LogP contribution in [0, 0.1) is 13.8 Å². The van der Waals surface area contributed by atoms with Crippen molar-refractivity contribution in [2.24, 2.45) is 12.0 Å². The lowest BCUT2D eigenvalue weighted by atomic mass is 10.1. The minimum Gasteiger partial charge on any atom is -0.356 e. The molecule has 5 nitrogen and oxygen atoms in total. The Morgan fingerprint density at radius 2 is 2.04 bits per heavy atom. The quantitative estimate of drug-likeness (QED) is 0.443. The molecule has 0 aliphatic carbocycles. The van der Waals surface area contributed by atoms with Crippen LogP contribution in [0.4, 0.5) is 0 Å². The summed E-state index contributed by atoms with van der Waals surface area (Å²) >= 11 is 6.20. The molecule has 2 N–H and O–H groups in total. The Morgan fingerprint density at radius 1 is 1.31 bits per heavy atom. The summed E-state index contributed by atoms with van der Waals surface area (Å²) < 4.78 is 1.94. The van der Waals surface area contributed by atoms with E-state index in [9.17, 15) is 0 Å². The number of benzene rings is 1. The lowest BCUT2D eigenvalue weighted by Gasteiger charge is -2.18. The predicted octanol–water partition coefficient (Wildman–Crippen LogP) is 3.42. The fraction of sp³-hybridized carbons (Fsp3) is 0.500. The second kappa shape index (κ2) is 9.62. The van der Waals surface area contributed by atoms with Crippen LogP contribution in [-0.2, 0) is 19.9 Å². The molecule has 2 rings (SSSR count). The minimum absolute atomic E-state index is 0.270. The third kappa shape index (κ3) is 5.49. The van der Waals surface area contributed by atoms with Gasteiger partial charge in [-0.05, 0) is 57.2 Å². The molecule has 1 aromatic carbocycles. The maximum Gasteiger partial charge on any atom is 0.191 e. The zero-order chi connectivity index (χ0) is 19.1. The van der Waals surface area contributed by atoms with Crippen LogP contribution in [0.25, 0.3) is 0 Å². The first-order chi connectivity index (χ1) is 12.4. The SMILES string of the molecule is CN=C(NCCCc1ccccc1Cl)NC(C)Cc1c(C)nn(C)c1C. The van der Waals surface area contributed by atoms with Gasteiger partial charge in [-0.15, -0.1) is 0 Å². The minimum atomic E-state index is 0.270. The van der Waals surface area contributed by atoms with Crippen molar-refractivity contribution < 1.29 is 0 Å². The summed E-state index contributed by atoms with van der Waals surface area (Å²) in [5, 5.41) is 12.2. The number of hydrogen-bond donors (Lipinski definition) is 2. The van der Waals surface area contributed by atoms with Gasteiger partial charge in [-0.1, -0.05) is 29.8 Å². The second-order valence-corrected chi connectivity index (χ2v) is 7.12. The van der Waals surface area contributed by atoms with Crippen LogP contribution in [0.5, 0.6) is 0 Å². The highest BCUT2D eigenvalue weighted by Crippen LogP contribution is 2.16. The molecule has 0 spiro atoms. The summed E-state index contributed by atoms with van der Waals surface area (Å²) in [6.45, 7) is 7.20. The third-order valence-corrected chi connectivity index (χ3v) is 5.02. The Morgan fingerprint density at radius 3 is 2.65 bits per heavy atom. The van der Waals surface area contributed by atoms with Crippen LogP contribution >= 0.6 is 11.6 Å². The van der Waals surface area contributed by atoms with Gasteiger partial charge in [0.25, 0.3) is 0 Å². The van der Waals surface area contributed by atoms with Crippen LogP contribution in [0.15, 0.2) is 29.3 Å². The molecule has 0 amide bonds. The molecule has 26 heavy (non-hydrogen) atoms. The summed E-state index contributed by atoms with van der Waals surface area (Å²) in [4.78, 5) is 4.33. The first-order valence-corrected chi connectivity index (χ1v) is 9.49. The predicted molar refractivity (Wildman–Crippen MR) is 110 cm³/mol. The second-order valence-electron chi connectivity index (χ2n) is 6.72. The van der Waals surface area contributed by atoms with Gasteiger partial charge in [0.1, 0.15) is 0 Å². The fourth-order valence-electron chi connectivity index (χ4n) is 3.08. The molecule has 6 heteroatoms. The molecule has 1 atom stereocenters. The molecule has 2 aromatic rings. The summed E-state index contributed by atoms with van der Waals surface area (Å²) in [5.74, 6) is 0.829. The van der Waals surface area contributed by atoms with E-state index in [4.69, 9.17) is 11.6 Å². The summed E-state index contributed by atoms with van der Waals surface area (Å²) in [6.07, 6.45) is 2.87. The maximum atomic E-state index is 6.20. The van der Waals surface area contributed by atoms with E-state index in [0.717, 1.165) is 42.5 Å². The zero-order valence-electron chi connectivity index (χ0n) is 16.4. The normalized spacial score (nSPS) is 12.9. The first kappa shape index (κ1) is 20.3. The van der Waals surface area contributed by atoms with Crippen LogP contribution in [0.3, 0.4) is 0 Å². The number of hydrogen-bond acceptors (Lipinski definition) is 2. The molecule has 142 valence electrons. The van der Waals surface area contributed by atoms with Gasteiger partial charge in [0, 0.05) is 37.4 Å². The van der Waals surface area contributed by atoms with E-state index in [1.54, 1.807) is 7.05 Å². The van der Waals surface area contributed by atoms with Crippen molar-refractivity contribution in [2.75, 3.05) is 13.6 Å². The standard InChI is InChI=1S/C20H30ClN5/c1-14(13-18-15(2)25-26(5)16(18)3)24-20(22-4)23-12-8-10-17-9-6-7-11-19(17)21/h6-7,9,11,14H,8,10,12-13H2,1-5H3,(H2,22,23,24). The highest BCUT2D eigenvalue weighted by molar-refractivity contribution is 6.31. The largest absolute Gasteiger partial charge is 0.356 e. The van der Waals surface area contributed by atoms with Gasteiger partial charge in [0.2, 0.25) is 0 Å². The lowest BCUT2D eigenvalue weighted by molar-refractivity contribution is 0.631. The van der Waals surface area contributed by atoms with Crippen LogP contribution < -0.4 is 10.6 Å². The number of nitrogens with one attached hydrogen (secondary N) is 2. The van der Waals surface area contributed by atoms with Crippen molar-refractivity contribution in [3.8, 4) is 0 Å². The van der Waals surface area contributed by atoms with Gasteiger partial charge in [0.05, 0.1) is 5.69 Å². The monoisotopic (exact) mass is 375 g/mol. The van der Waals surface area contributed by atoms with E-state index in [-0.39, 0.29) is 6.04 Å². The zero-order valence-corrected chi connectivity index (χ0v) is 17.2. The molecule has 0 radical (unpaired) electrons. The van der Waals surface area contributed by atoms with E-state index < -0.39 is 0 Å². The maximum absolute atomic E-state index is 6.20. The average molecular weight is 376 g/mol. The van der Waals surface area contributed by atoms with Crippen molar-refractivity contribution in [1.82, 2.24) is 20.4 Å². The Balaban J connectivity index is 1.79. The molecule has 0 saturated heterocycles. The molecule has 0 aliphatic heterocycles. The van der Waals surface area contributed by atoms with Gasteiger partial charge in [0.15, 0.2) is 5.96 Å². The number of guanidine groups is 1. The Bertz CT molecular complexity index is 751. The van der Waals surface area contributed by atoms with Crippen LogP contribution in [0.2, 0.25) is 5.02 Å². The van der Waals surface area contributed by atoms with E-state index in [0.29, 0.717) is 0 Å². The smallest absolute Gasteiger partial charge is 0.191 e. The summed E-state index contributed by atoms with van der Waals surface area (Å²) in [7, 11) is 3.79. The number of aromatic nitrogens is 2. The van der Waals surface area contributed by atoms with Gasteiger partial charge in [-0.25, -0.2) is 0 Å². The van der Waals surface area contributed by atoms with Crippen molar-refractivity contribution in [3.63, 3.8) is 0 Å². The van der Waals surface area contributed by atoms with Gasteiger partial charge in [-0.3, -0.25) is 9.67 Å². The summed E-state index contributed by atoms with van der Waals surface area (Å²) in [5.41, 5.74) is 4.82. The van der Waals surface area contributed by atoms with Crippen molar-refractivity contribution in [2.45, 2.75) is 46.1 Å². The van der Waals surface area contributed by atoms with Crippen molar-refractivity contribution in [3.05, 3.63) is 51.8 Å². The van der Waals surface area contributed by atoms with Crippen LogP contribution in [-0.4, -0.2) is 35.4 Å². The molecule has 1 aromatic heterocycles. The van der Waals surface area contributed by atoms with Crippen molar-refractivity contribution >= 4 is 17.6 Å². The Labute approximate surface area is 161 Å². The molecule has 1 unspecified atom stereocenters. The van der Waals surface area contributed by atoms with E-state index in [1.807, 2.05) is 29.9 Å². The fourth-order valence-corrected chi connectivity index (χ4v) is 3.32. The lowest BCUT2D eigenvalue weighted by Crippen LogP contribution is -2.43.